The summed E-state index contributed by atoms with van der Waals surface area (Å²) in [6.45, 7) is 8.29. The van der Waals surface area contributed by atoms with Crippen LogP contribution in [0, 0.1) is 0 Å². The van der Waals surface area contributed by atoms with Crippen molar-refractivity contribution in [2.75, 3.05) is 36.4 Å². The smallest absolute Gasteiger partial charge is 0.410 e. The number of pyridine rings is 1. The van der Waals surface area contributed by atoms with Crippen molar-refractivity contribution in [1.29, 1.82) is 0 Å². The fraction of sp³-hybridized carbons (Fsp3) is 0.538. The maximum atomic E-state index is 12.3. The zero-order valence-corrected chi connectivity index (χ0v) is 21.3. The predicted molar refractivity (Wildman–Crippen MR) is 138 cm³/mol. The first-order valence-corrected chi connectivity index (χ1v) is 12.7. The zero-order valence-electron chi connectivity index (χ0n) is 21.3. The third kappa shape index (κ3) is 5.23. The normalized spacial score (nSPS) is 17.1. The van der Waals surface area contributed by atoms with Gasteiger partial charge in [0.25, 0.3) is 0 Å². The number of aliphatic hydroxyl groups is 1. The molecule has 4 heterocycles. The molecule has 1 amide bonds. The Kier molecular flexibility index (Phi) is 6.70. The lowest BCUT2D eigenvalue weighted by molar-refractivity contribution is 0.0240. The van der Waals surface area contributed by atoms with E-state index in [2.05, 4.69) is 24.8 Å². The molecule has 5 rings (SSSR count). The van der Waals surface area contributed by atoms with Gasteiger partial charge in [0, 0.05) is 49.5 Å². The number of hydrogen-bond donors (Lipinski definition) is 2. The molecule has 1 saturated carbocycles. The topological polar surface area (TPSA) is 109 Å². The molecular weight excluding hydrogens is 458 g/mol. The van der Waals surface area contributed by atoms with Crippen molar-refractivity contribution in [3.8, 4) is 0 Å². The van der Waals surface area contributed by atoms with Crippen LogP contribution in [0.1, 0.15) is 58.2 Å². The highest BCUT2D eigenvalue weighted by molar-refractivity contribution is 5.78. The van der Waals surface area contributed by atoms with Crippen LogP contribution in [-0.4, -0.2) is 67.4 Å². The number of amides is 1. The molecule has 0 unspecified atom stereocenters. The molecule has 0 aromatic carbocycles. The molecule has 1 aliphatic heterocycles. The van der Waals surface area contributed by atoms with Crippen LogP contribution in [0.15, 0.2) is 30.6 Å². The molecule has 0 atom stereocenters. The number of nitrogens with zero attached hydrogens (tertiary/aromatic N) is 6. The van der Waals surface area contributed by atoms with Gasteiger partial charge in [-0.25, -0.2) is 14.8 Å². The standard InChI is InChI=1S/C26H35N7O3/c1-26(2,3)36-25(35)32-12-10-31(11-13-32)20-8-9-22(27-16-20)29-24-28-15-18-14-21(17-34)33(23(18)30-24)19-6-4-5-7-19/h8-9,14-16,19,34H,4-7,10-13,17H2,1-3H3,(H,27,28,29,30). The van der Waals surface area contributed by atoms with E-state index in [0.717, 1.165) is 48.3 Å². The first-order valence-electron chi connectivity index (χ1n) is 12.7. The molecule has 2 N–H and O–H groups in total. The number of piperazine rings is 1. The average molecular weight is 494 g/mol. The largest absolute Gasteiger partial charge is 0.444 e. The molecule has 2 fully saturated rings. The minimum Gasteiger partial charge on any atom is -0.444 e. The monoisotopic (exact) mass is 493 g/mol. The van der Waals surface area contributed by atoms with E-state index in [-0.39, 0.29) is 12.7 Å². The number of aromatic nitrogens is 4. The molecule has 0 bridgehead atoms. The number of ether oxygens (including phenoxy) is 1. The fourth-order valence-corrected chi connectivity index (χ4v) is 5.05. The van der Waals surface area contributed by atoms with Crippen LogP contribution >= 0.6 is 0 Å². The number of aliphatic hydroxyl groups excluding tert-OH is 1. The van der Waals surface area contributed by atoms with Crippen molar-refractivity contribution in [1.82, 2.24) is 24.4 Å². The van der Waals surface area contributed by atoms with Crippen molar-refractivity contribution in [2.45, 2.75) is 64.7 Å². The number of carbonyl (C=O) groups excluding carboxylic acids is 1. The molecule has 2 aliphatic rings. The van der Waals surface area contributed by atoms with Crippen LogP contribution in [0.5, 0.6) is 0 Å². The van der Waals surface area contributed by atoms with Gasteiger partial charge in [-0.05, 0) is 51.8 Å². The Balaban J connectivity index is 1.24. The number of anilines is 3. The Bertz CT molecular complexity index is 1200. The third-order valence-electron chi connectivity index (χ3n) is 6.79. The van der Waals surface area contributed by atoms with E-state index < -0.39 is 5.60 Å². The number of nitrogens with one attached hydrogen (secondary N) is 1. The summed E-state index contributed by atoms with van der Waals surface area (Å²) in [6, 6.07) is 6.29. The van der Waals surface area contributed by atoms with Crippen LogP contribution < -0.4 is 10.2 Å². The molecule has 3 aromatic rings. The van der Waals surface area contributed by atoms with Gasteiger partial charge in [0.15, 0.2) is 0 Å². The Labute approximate surface area is 211 Å². The van der Waals surface area contributed by atoms with Crippen molar-refractivity contribution in [2.24, 2.45) is 0 Å². The number of fused-ring (bicyclic) bond motifs is 1. The van der Waals surface area contributed by atoms with E-state index >= 15 is 0 Å². The van der Waals surface area contributed by atoms with Crippen LogP contribution in [0.3, 0.4) is 0 Å². The molecule has 192 valence electrons. The minimum absolute atomic E-state index is 0.00925. The SMILES string of the molecule is CC(C)(C)OC(=O)N1CCN(c2ccc(Nc3ncc4cc(CO)n(C5CCCC5)c4n3)nc2)CC1. The van der Waals surface area contributed by atoms with Crippen molar-refractivity contribution in [3.05, 3.63) is 36.3 Å². The Morgan fingerprint density at radius 2 is 1.86 bits per heavy atom. The summed E-state index contributed by atoms with van der Waals surface area (Å²) in [4.78, 5) is 30.1. The number of hydrogen-bond acceptors (Lipinski definition) is 8. The van der Waals surface area contributed by atoms with E-state index in [1.54, 1.807) is 11.1 Å². The predicted octanol–water partition coefficient (Wildman–Crippen LogP) is 4.23. The summed E-state index contributed by atoms with van der Waals surface area (Å²) in [7, 11) is 0. The molecule has 36 heavy (non-hydrogen) atoms. The molecule has 0 spiro atoms. The van der Waals surface area contributed by atoms with E-state index in [0.29, 0.717) is 30.9 Å². The lowest BCUT2D eigenvalue weighted by Gasteiger charge is -2.36. The van der Waals surface area contributed by atoms with Gasteiger partial charge in [-0.2, -0.15) is 4.98 Å². The van der Waals surface area contributed by atoms with E-state index in [1.807, 2.05) is 45.2 Å². The van der Waals surface area contributed by atoms with Gasteiger partial charge < -0.3 is 29.5 Å². The second-order valence-electron chi connectivity index (χ2n) is 10.6. The molecule has 1 aliphatic carbocycles. The van der Waals surface area contributed by atoms with Gasteiger partial charge in [-0.15, -0.1) is 0 Å². The molecule has 10 heteroatoms. The highest BCUT2D eigenvalue weighted by Gasteiger charge is 2.26. The van der Waals surface area contributed by atoms with Gasteiger partial charge in [0.2, 0.25) is 5.95 Å². The average Bonchev–Trinajstić information content (AvgIpc) is 3.51. The van der Waals surface area contributed by atoms with Crippen molar-refractivity contribution in [3.63, 3.8) is 0 Å². The van der Waals surface area contributed by atoms with E-state index in [1.165, 1.54) is 12.8 Å². The Morgan fingerprint density at radius 1 is 1.11 bits per heavy atom. The lowest BCUT2D eigenvalue weighted by atomic mass is 10.2. The number of rotatable bonds is 5. The molecule has 10 nitrogen and oxygen atoms in total. The molecule has 3 aromatic heterocycles. The third-order valence-corrected chi connectivity index (χ3v) is 6.79. The highest BCUT2D eigenvalue weighted by Crippen LogP contribution is 2.34. The van der Waals surface area contributed by atoms with Gasteiger partial charge >= 0.3 is 6.09 Å². The minimum atomic E-state index is -0.490. The quantitative estimate of drug-likeness (QED) is 0.543. The van der Waals surface area contributed by atoms with Crippen molar-refractivity contribution < 1.29 is 14.6 Å². The zero-order chi connectivity index (χ0) is 25.3. The number of carbonyl (C=O) groups is 1. The van der Waals surface area contributed by atoms with Crippen LogP contribution in [0.2, 0.25) is 0 Å². The van der Waals surface area contributed by atoms with Gasteiger partial charge in [0.05, 0.1) is 18.5 Å². The van der Waals surface area contributed by atoms with E-state index in [4.69, 9.17) is 9.72 Å². The summed E-state index contributed by atoms with van der Waals surface area (Å²) in [5, 5.41) is 14.0. The second kappa shape index (κ2) is 9.93. The van der Waals surface area contributed by atoms with Gasteiger partial charge in [-0.3, -0.25) is 0 Å². The summed E-state index contributed by atoms with van der Waals surface area (Å²) in [5.41, 5.74) is 2.25. The maximum Gasteiger partial charge on any atom is 0.410 e. The fourth-order valence-electron chi connectivity index (χ4n) is 5.05. The molecular formula is C26H35N7O3. The Hall–Kier alpha value is -3.40. The second-order valence-corrected chi connectivity index (χ2v) is 10.6. The highest BCUT2D eigenvalue weighted by atomic mass is 16.6. The van der Waals surface area contributed by atoms with E-state index in [9.17, 15) is 9.90 Å². The van der Waals surface area contributed by atoms with Crippen LogP contribution in [-0.2, 0) is 11.3 Å². The van der Waals surface area contributed by atoms with Crippen LogP contribution in [0.25, 0.3) is 11.0 Å². The molecule has 1 saturated heterocycles. The van der Waals surface area contributed by atoms with Gasteiger partial charge in [-0.1, -0.05) is 12.8 Å². The maximum absolute atomic E-state index is 12.3. The van der Waals surface area contributed by atoms with Crippen LogP contribution in [0.4, 0.5) is 22.2 Å². The molecule has 0 radical (unpaired) electrons. The summed E-state index contributed by atoms with van der Waals surface area (Å²) >= 11 is 0. The first-order chi connectivity index (χ1) is 17.3. The first kappa shape index (κ1) is 24.3. The summed E-state index contributed by atoms with van der Waals surface area (Å²) in [6.07, 6.45) is 8.00. The summed E-state index contributed by atoms with van der Waals surface area (Å²) < 4.78 is 7.67. The van der Waals surface area contributed by atoms with Crippen molar-refractivity contribution >= 4 is 34.6 Å². The Morgan fingerprint density at radius 3 is 2.50 bits per heavy atom. The summed E-state index contributed by atoms with van der Waals surface area (Å²) in [5.74, 6) is 1.14. The van der Waals surface area contributed by atoms with Gasteiger partial charge in [0.1, 0.15) is 17.1 Å². The lowest BCUT2D eigenvalue weighted by Crippen LogP contribution is -2.50.